The van der Waals surface area contributed by atoms with Gasteiger partial charge >= 0.3 is 5.97 Å². The standard InChI is InChI=1S/C14H20N2O3/c1-9-3-5-16(6-4-9)13-11(15)7-10(14(17)18)8-12(13)19-2/h7-9H,3-6,15H2,1-2H3,(H,17,18). The number of nitrogens with zero attached hydrogens (tertiary/aromatic N) is 1. The summed E-state index contributed by atoms with van der Waals surface area (Å²) in [5.74, 6) is 0.262. The second-order valence-electron chi connectivity index (χ2n) is 5.09. The number of anilines is 2. The van der Waals surface area contributed by atoms with Crippen molar-refractivity contribution in [3.63, 3.8) is 0 Å². The zero-order valence-electron chi connectivity index (χ0n) is 11.3. The molecule has 0 saturated carbocycles. The number of hydrogen-bond acceptors (Lipinski definition) is 4. The smallest absolute Gasteiger partial charge is 0.335 e. The summed E-state index contributed by atoms with van der Waals surface area (Å²) in [5.41, 5.74) is 7.46. The maximum atomic E-state index is 11.0. The van der Waals surface area contributed by atoms with E-state index in [1.165, 1.54) is 19.2 Å². The number of rotatable bonds is 3. The Kier molecular flexibility index (Phi) is 3.83. The number of benzene rings is 1. The Morgan fingerprint density at radius 2 is 2.05 bits per heavy atom. The van der Waals surface area contributed by atoms with Crippen LogP contribution in [0.25, 0.3) is 0 Å². The zero-order valence-corrected chi connectivity index (χ0v) is 11.3. The number of piperidine rings is 1. The molecule has 2 rings (SSSR count). The highest BCUT2D eigenvalue weighted by Crippen LogP contribution is 2.37. The van der Waals surface area contributed by atoms with Crippen molar-refractivity contribution >= 4 is 17.3 Å². The van der Waals surface area contributed by atoms with Gasteiger partial charge in [0.15, 0.2) is 0 Å². The molecule has 1 aromatic rings. The summed E-state index contributed by atoms with van der Waals surface area (Å²) >= 11 is 0. The normalized spacial score (nSPS) is 16.4. The number of nitrogens with two attached hydrogens (primary N) is 1. The maximum absolute atomic E-state index is 11.0. The number of ether oxygens (including phenoxy) is 1. The van der Waals surface area contributed by atoms with Crippen molar-refractivity contribution in [2.45, 2.75) is 19.8 Å². The Hall–Kier alpha value is -1.91. The minimum absolute atomic E-state index is 0.156. The Balaban J connectivity index is 2.36. The molecule has 5 heteroatoms. The first kappa shape index (κ1) is 13.5. The lowest BCUT2D eigenvalue weighted by Crippen LogP contribution is -2.33. The fourth-order valence-electron chi connectivity index (χ4n) is 2.48. The second-order valence-corrected chi connectivity index (χ2v) is 5.09. The van der Waals surface area contributed by atoms with Crippen LogP contribution in [0.4, 0.5) is 11.4 Å². The van der Waals surface area contributed by atoms with E-state index in [4.69, 9.17) is 15.6 Å². The predicted octanol–water partition coefficient (Wildman–Crippen LogP) is 2.21. The Bertz CT molecular complexity index is 480. The van der Waals surface area contributed by atoms with Crippen molar-refractivity contribution in [1.29, 1.82) is 0 Å². The second kappa shape index (κ2) is 5.38. The highest BCUT2D eigenvalue weighted by atomic mass is 16.5. The molecule has 0 aliphatic carbocycles. The molecule has 0 bridgehead atoms. The Morgan fingerprint density at radius 3 is 2.58 bits per heavy atom. The van der Waals surface area contributed by atoms with Gasteiger partial charge in [-0.05, 0) is 30.9 Å². The van der Waals surface area contributed by atoms with Crippen LogP contribution in [-0.2, 0) is 0 Å². The van der Waals surface area contributed by atoms with Crippen molar-refractivity contribution in [3.05, 3.63) is 17.7 Å². The molecule has 19 heavy (non-hydrogen) atoms. The van der Waals surface area contributed by atoms with Crippen LogP contribution in [0, 0.1) is 5.92 Å². The van der Waals surface area contributed by atoms with E-state index in [0.29, 0.717) is 11.4 Å². The van der Waals surface area contributed by atoms with Gasteiger partial charge in [0.25, 0.3) is 0 Å². The van der Waals surface area contributed by atoms with Gasteiger partial charge in [0.05, 0.1) is 18.4 Å². The number of methoxy groups -OCH3 is 1. The fourth-order valence-corrected chi connectivity index (χ4v) is 2.48. The first-order valence-electron chi connectivity index (χ1n) is 6.48. The summed E-state index contributed by atoms with van der Waals surface area (Å²) in [6, 6.07) is 3.03. The lowest BCUT2D eigenvalue weighted by molar-refractivity contribution is 0.0696. The monoisotopic (exact) mass is 264 g/mol. The summed E-state index contributed by atoms with van der Waals surface area (Å²) in [4.78, 5) is 13.2. The Morgan fingerprint density at radius 1 is 1.42 bits per heavy atom. The van der Waals surface area contributed by atoms with E-state index >= 15 is 0 Å². The van der Waals surface area contributed by atoms with Crippen LogP contribution in [0.3, 0.4) is 0 Å². The van der Waals surface area contributed by atoms with E-state index in [-0.39, 0.29) is 5.56 Å². The van der Waals surface area contributed by atoms with Gasteiger partial charge in [0.1, 0.15) is 11.4 Å². The molecule has 5 nitrogen and oxygen atoms in total. The number of hydrogen-bond donors (Lipinski definition) is 2. The van der Waals surface area contributed by atoms with Gasteiger partial charge in [0, 0.05) is 13.1 Å². The van der Waals surface area contributed by atoms with Crippen molar-refractivity contribution in [1.82, 2.24) is 0 Å². The lowest BCUT2D eigenvalue weighted by atomic mass is 9.98. The van der Waals surface area contributed by atoms with Crippen LogP contribution in [0.15, 0.2) is 12.1 Å². The van der Waals surface area contributed by atoms with E-state index in [0.717, 1.165) is 37.5 Å². The summed E-state index contributed by atoms with van der Waals surface area (Å²) in [6.07, 6.45) is 2.23. The number of carboxylic acids is 1. The average molecular weight is 264 g/mol. The third kappa shape index (κ3) is 2.75. The molecule has 3 N–H and O–H groups in total. The molecule has 0 unspecified atom stereocenters. The molecule has 104 valence electrons. The molecule has 0 amide bonds. The highest BCUT2D eigenvalue weighted by molar-refractivity contribution is 5.92. The van der Waals surface area contributed by atoms with E-state index in [1.54, 1.807) is 0 Å². The maximum Gasteiger partial charge on any atom is 0.335 e. The van der Waals surface area contributed by atoms with Crippen LogP contribution in [0.1, 0.15) is 30.1 Å². The number of aromatic carboxylic acids is 1. The third-order valence-corrected chi connectivity index (χ3v) is 3.67. The topological polar surface area (TPSA) is 75.8 Å². The van der Waals surface area contributed by atoms with E-state index < -0.39 is 5.97 Å². The molecule has 1 heterocycles. The van der Waals surface area contributed by atoms with Gasteiger partial charge in [-0.15, -0.1) is 0 Å². The van der Waals surface area contributed by atoms with Gasteiger partial charge in [-0.25, -0.2) is 4.79 Å². The molecular formula is C14H20N2O3. The molecule has 0 atom stereocenters. The molecule has 0 spiro atoms. The molecule has 1 aromatic carbocycles. The first-order chi connectivity index (χ1) is 9.02. The quantitative estimate of drug-likeness (QED) is 0.819. The first-order valence-corrected chi connectivity index (χ1v) is 6.48. The van der Waals surface area contributed by atoms with E-state index in [1.807, 2.05) is 0 Å². The summed E-state index contributed by atoms with van der Waals surface area (Å²) in [5, 5.41) is 9.04. The lowest BCUT2D eigenvalue weighted by Gasteiger charge is -2.33. The minimum atomic E-state index is -0.996. The van der Waals surface area contributed by atoms with Crippen LogP contribution >= 0.6 is 0 Å². The molecular weight excluding hydrogens is 244 g/mol. The summed E-state index contributed by atoms with van der Waals surface area (Å²) < 4.78 is 5.31. The van der Waals surface area contributed by atoms with Gasteiger partial charge in [-0.2, -0.15) is 0 Å². The van der Waals surface area contributed by atoms with Crippen molar-refractivity contribution in [2.24, 2.45) is 5.92 Å². The van der Waals surface area contributed by atoms with Gasteiger partial charge in [0.2, 0.25) is 0 Å². The Labute approximate surface area is 113 Å². The predicted molar refractivity (Wildman–Crippen MR) is 75.0 cm³/mol. The molecule has 1 aliphatic heterocycles. The highest BCUT2D eigenvalue weighted by Gasteiger charge is 2.22. The molecule has 1 fully saturated rings. The fraction of sp³-hybridized carbons (Fsp3) is 0.500. The van der Waals surface area contributed by atoms with E-state index in [9.17, 15) is 4.79 Å². The molecule has 1 aliphatic rings. The molecule has 1 saturated heterocycles. The van der Waals surface area contributed by atoms with Gasteiger partial charge < -0.3 is 20.5 Å². The summed E-state index contributed by atoms with van der Waals surface area (Å²) in [7, 11) is 1.54. The number of carbonyl (C=O) groups is 1. The van der Waals surface area contributed by atoms with Crippen LogP contribution in [0.5, 0.6) is 5.75 Å². The molecule has 0 aromatic heterocycles. The van der Waals surface area contributed by atoms with Gasteiger partial charge in [-0.3, -0.25) is 0 Å². The SMILES string of the molecule is COc1cc(C(=O)O)cc(N)c1N1CCC(C)CC1. The van der Waals surface area contributed by atoms with Crippen molar-refractivity contribution < 1.29 is 14.6 Å². The van der Waals surface area contributed by atoms with Crippen LogP contribution < -0.4 is 15.4 Å². The average Bonchev–Trinajstić information content (AvgIpc) is 2.39. The summed E-state index contributed by atoms with van der Waals surface area (Å²) in [6.45, 7) is 4.09. The number of nitrogen functional groups attached to an aromatic ring is 1. The van der Waals surface area contributed by atoms with Crippen LogP contribution in [-0.4, -0.2) is 31.3 Å². The van der Waals surface area contributed by atoms with Gasteiger partial charge in [-0.1, -0.05) is 6.92 Å². The third-order valence-electron chi connectivity index (χ3n) is 3.67. The number of carboxylic acid groups (broad SMARTS) is 1. The van der Waals surface area contributed by atoms with E-state index in [2.05, 4.69) is 11.8 Å². The zero-order chi connectivity index (χ0) is 14.0. The van der Waals surface area contributed by atoms with Crippen molar-refractivity contribution in [3.8, 4) is 5.75 Å². The molecule has 0 radical (unpaired) electrons. The minimum Gasteiger partial charge on any atom is -0.494 e. The van der Waals surface area contributed by atoms with Crippen molar-refractivity contribution in [2.75, 3.05) is 30.8 Å². The largest absolute Gasteiger partial charge is 0.494 e. The van der Waals surface area contributed by atoms with Crippen LogP contribution in [0.2, 0.25) is 0 Å².